The number of amides is 1. The Hall–Kier alpha value is -2.86. The molecule has 0 aliphatic heterocycles. The predicted molar refractivity (Wildman–Crippen MR) is 107 cm³/mol. The van der Waals surface area contributed by atoms with Crippen molar-refractivity contribution in [2.75, 3.05) is 19.5 Å². The van der Waals surface area contributed by atoms with Gasteiger partial charge in [0.15, 0.2) is 0 Å². The number of carbonyl (C=O) groups excluding carboxylic acids is 2. The second-order valence-corrected chi connectivity index (χ2v) is 6.32. The summed E-state index contributed by atoms with van der Waals surface area (Å²) in [6.45, 7) is 0.313. The molecule has 1 atom stereocenters. The number of unbranched alkanes of at least 4 members (excludes halogenated alkanes) is 1. The zero-order chi connectivity index (χ0) is 20.2. The van der Waals surface area contributed by atoms with Crippen LogP contribution in [0.5, 0.6) is 5.75 Å². The molecule has 1 unspecified atom stereocenters. The third-order valence-electron chi connectivity index (χ3n) is 4.27. The van der Waals surface area contributed by atoms with Gasteiger partial charge in [-0.1, -0.05) is 30.3 Å². The zero-order valence-electron chi connectivity index (χ0n) is 16.4. The van der Waals surface area contributed by atoms with E-state index in [2.05, 4.69) is 10.1 Å². The minimum atomic E-state index is -0.611. The molecule has 0 aliphatic carbocycles. The molecule has 2 aromatic carbocycles. The van der Waals surface area contributed by atoms with Gasteiger partial charge in [0.1, 0.15) is 11.9 Å². The van der Waals surface area contributed by atoms with Crippen LogP contribution in [0.1, 0.15) is 31.2 Å². The number of benzene rings is 2. The van der Waals surface area contributed by atoms with Crippen molar-refractivity contribution in [2.24, 2.45) is 0 Å². The molecule has 2 aromatic rings. The number of carbonyl (C=O) groups is 2. The highest BCUT2D eigenvalue weighted by molar-refractivity contribution is 5.94. The van der Waals surface area contributed by atoms with Crippen LogP contribution < -0.4 is 10.1 Å². The summed E-state index contributed by atoms with van der Waals surface area (Å²) in [7, 11) is 2.99. The molecule has 28 heavy (non-hydrogen) atoms. The van der Waals surface area contributed by atoms with Crippen molar-refractivity contribution in [3.63, 3.8) is 0 Å². The van der Waals surface area contributed by atoms with E-state index in [1.54, 1.807) is 7.11 Å². The summed E-state index contributed by atoms with van der Waals surface area (Å²) in [4.78, 5) is 23.9. The second-order valence-electron chi connectivity index (χ2n) is 6.32. The Balaban J connectivity index is 1.93. The van der Waals surface area contributed by atoms with Crippen LogP contribution >= 0.6 is 0 Å². The topological polar surface area (TPSA) is 73.9 Å². The Morgan fingerprint density at radius 2 is 1.68 bits per heavy atom. The number of methoxy groups -OCH3 is 2. The molecule has 1 N–H and O–H groups in total. The quantitative estimate of drug-likeness (QED) is 0.468. The number of rotatable bonds is 11. The van der Waals surface area contributed by atoms with Crippen LogP contribution in [0.15, 0.2) is 54.6 Å². The predicted octanol–water partition coefficient (Wildman–Crippen LogP) is 3.95. The molecule has 0 spiro atoms. The molecular formula is C22H27NO5. The standard InChI is InChI=1S/C22H27NO5/c1-26-19-14-12-17(13-15-19)16-28-20(10-6-7-11-21(24)27-2)22(25)23-18-8-4-3-5-9-18/h3-5,8-9,12-15,20H,6-7,10-11,16H2,1-2H3,(H,23,25). The smallest absolute Gasteiger partial charge is 0.305 e. The molecule has 0 aliphatic rings. The Morgan fingerprint density at radius 1 is 0.964 bits per heavy atom. The molecular weight excluding hydrogens is 358 g/mol. The summed E-state index contributed by atoms with van der Waals surface area (Å²) in [5, 5.41) is 2.88. The highest BCUT2D eigenvalue weighted by atomic mass is 16.5. The molecule has 1 amide bonds. The highest BCUT2D eigenvalue weighted by Gasteiger charge is 2.19. The fourth-order valence-corrected chi connectivity index (χ4v) is 2.65. The zero-order valence-corrected chi connectivity index (χ0v) is 16.4. The molecule has 150 valence electrons. The first-order chi connectivity index (χ1) is 13.6. The SMILES string of the molecule is COC(=O)CCCCC(OCc1ccc(OC)cc1)C(=O)Nc1ccccc1. The van der Waals surface area contributed by atoms with E-state index >= 15 is 0 Å². The Morgan fingerprint density at radius 3 is 2.32 bits per heavy atom. The van der Waals surface area contributed by atoms with Crippen molar-refractivity contribution in [2.45, 2.75) is 38.4 Å². The first kappa shape index (κ1) is 21.4. The summed E-state index contributed by atoms with van der Waals surface area (Å²) in [5.41, 5.74) is 1.67. The van der Waals surface area contributed by atoms with Crippen LogP contribution in [0.4, 0.5) is 5.69 Å². The lowest BCUT2D eigenvalue weighted by molar-refractivity contribution is -0.140. The molecule has 0 bridgehead atoms. The third-order valence-corrected chi connectivity index (χ3v) is 4.27. The van der Waals surface area contributed by atoms with E-state index in [4.69, 9.17) is 9.47 Å². The van der Waals surface area contributed by atoms with Gasteiger partial charge in [0, 0.05) is 12.1 Å². The van der Waals surface area contributed by atoms with Crippen molar-refractivity contribution in [3.05, 3.63) is 60.2 Å². The summed E-state index contributed by atoms with van der Waals surface area (Å²) >= 11 is 0. The summed E-state index contributed by atoms with van der Waals surface area (Å²) in [6.07, 6.45) is 1.58. The molecule has 0 aromatic heterocycles. The van der Waals surface area contributed by atoms with Crippen molar-refractivity contribution < 1.29 is 23.8 Å². The largest absolute Gasteiger partial charge is 0.497 e. The molecule has 6 nitrogen and oxygen atoms in total. The van der Waals surface area contributed by atoms with E-state index in [9.17, 15) is 9.59 Å². The van der Waals surface area contributed by atoms with Gasteiger partial charge in [0.05, 0.1) is 20.8 Å². The third kappa shape index (κ3) is 7.40. The summed E-state index contributed by atoms with van der Waals surface area (Å²) in [6, 6.07) is 16.8. The van der Waals surface area contributed by atoms with Crippen molar-refractivity contribution in [1.82, 2.24) is 0 Å². The first-order valence-electron chi connectivity index (χ1n) is 9.29. The molecule has 0 saturated carbocycles. The molecule has 0 fully saturated rings. The van der Waals surface area contributed by atoms with E-state index < -0.39 is 6.10 Å². The van der Waals surface area contributed by atoms with Gasteiger partial charge in [0.25, 0.3) is 5.91 Å². The molecule has 0 heterocycles. The molecule has 2 rings (SSSR count). The average molecular weight is 385 g/mol. The van der Waals surface area contributed by atoms with Crippen LogP contribution in [-0.4, -0.2) is 32.2 Å². The number of anilines is 1. The Kier molecular flexibility index (Phi) is 9.01. The maximum absolute atomic E-state index is 12.7. The van der Waals surface area contributed by atoms with Crippen LogP contribution in [-0.2, 0) is 25.7 Å². The van der Waals surface area contributed by atoms with Crippen LogP contribution in [0, 0.1) is 0 Å². The van der Waals surface area contributed by atoms with E-state index in [1.165, 1.54) is 7.11 Å². The van der Waals surface area contributed by atoms with Crippen LogP contribution in [0.25, 0.3) is 0 Å². The van der Waals surface area contributed by atoms with E-state index in [-0.39, 0.29) is 11.9 Å². The number of esters is 1. The van der Waals surface area contributed by atoms with Gasteiger partial charge >= 0.3 is 5.97 Å². The van der Waals surface area contributed by atoms with Gasteiger partial charge in [-0.3, -0.25) is 9.59 Å². The highest BCUT2D eigenvalue weighted by Crippen LogP contribution is 2.16. The van der Waals surface area contributed by atoms with E-state index in [0.29, 0.717) is 32.3 Å². The minimum absolute atomic E-state index is 0.197. The lowest BCUT2D eigenvalue weighted by atomic mass is 10.1. The number of ether oxygens (including phenoxy) is 3. The van der Waals surface area contributed by atoms with Gasteiger partial charge < -0.3 is 19.5 Å². The van der Waals surface area contributed by atoms with Crippen LogP contribution in [0.2, 0.25) is 0 Å². The minimum Gasteiger partial charge on any atom is -0.497 e. The number of hydrogen-bond donors (Lipinski definition) is 1. The van der Waals surface area contributed by atoms with Gasteiger partial charge in [-0.2, -0.15) is 0 Å². The average Bonchev–Trinajstić information content (AvgIpc) is 2.74. The van der Waals surface area contributed by atoms with Crippen molar-refractivity contribution in [3.8, 4) is 5.75 Å². The maximum Gasteiger partial charge on any atom is 0.305 e. The molecule has 0 saturated heterocycles. The summed E-state index contributed by atoms with van der Waals surface area (Å²) in [5.74, 6) is 0.326. The van der Waals surface area contributed by atoms with E-state index in [1.807, 2.05) is 54.6 Å². The lowest BCUT2D eigenvalue weighted by Gasteiger charge is -2.18. The van der Waals surface area contributed by atoms with Gasteiger partial charge in [-0.15, -0.1) is 0 Å². The van der Waals surface area contributed by atoms with E-state index in [0.717, 1.165) is 17.0 Å². The van der Waals surface area contributed by atoms with Gasteiger partial charge in [-0.25, -0.2) is 0 Å². The number of nitrogens with one attached hydrogen (secondary N) is 1. The fraction of sp³-hybridized carbons (Fsp3) is 0.364. The van der Waals surface area contributed by atoms with Crippen molar-refractivity contribution in [1.29, 1.82) is 0 Å². The number of para-hydroxylation sites is 1. The van der Waals surface area contributed by atoms with Crippen LogP contribution in [0.3, 0.4) is 0 Å². The lowest BCUT2D eigenvalue weighted by Crippen LogP contribution is -2.30. The Labute approximate surface area is 165 Å². The molecule has 0 radical (unpaired) electrons. The fourth-order valence-electron chi connectivity index (χ4n) is 2.65. The monoisotopic (exact) mass is 385 g/mol. The second kappa shape index (κ2) is 11.8. The van der Waals surface area contributed by atoms with Crippen molar-refractivity contribution >= 4 is 17.6 Å². The maximum atomic E-state index is 12.7. The number of hydrogen-bond acceptors (Lipinski definition) is 5. The Bertz CT molecular complexity index is 730. The molecule has 6 heteroatoms. The summed E-state index contributed by atoms with van der Waals surface area (Å²) < 4.78 is 15.7. The first-order valence-corrected chi connectivity index (χ1v) is 9.29. The van der Waals surface area contributed by atoms with Gasteiger partial charge in [0.2, 0.25) is 0 Å². The van der Waals surface area contributed by atoms with Gasteiger partial charge in [-0.05, 0) is 49.1 Å². The normalized spacial score (nSPS) is 11.5.